The Morgan fingerprint density at radius 3 is 2.23 bits per heavy atom. The minimum atomic E-state index is -3.50. The van der Waals surface area contributed by atoms with Crippen LogP contribution >= 0.6 is 0 Å². The highest BCUT2D eigenvalue weighted by molar-refractivity contribution is 7.89. The summed E-state index contributed by atoms with van der Waals surface area (Å²) in [5.41, 5.74) is 1.82. The highest BCUT2D eigenvalue weighted by Gasteiger charge is 2.31. The number of sulfonamides is 1. The van der Waals surface area contributed by atoms with E-state index in [9.17, 15) is 13.2 Å². The monoisotopic (exact) mass is 367 g/mol. The molecule has 5 heteroatoms. The number of hydrogen-bond acceptors (Lipinski definition) is 3. The molecule has 4 nitrogen and oxygen atoms in total. The van der Waals surface area contributed by atoms with Crippen LogP contribution in [0.2, 0.25) is 0 Å². The maximum Gasteiger partial charge on any atom is 0.243 e. The molecule has 0 atom stereocenters. The summed E-state index contributed by atoms with van der Waals surface area (Å²) < 4.78 is 26.9. The molecule has 1 saturated heterocycles. The van der Waals surface area contributed by atoms with Gasteiger partial charge >= 0.3 is 0 Å². The first-order valence-electron chi connectivity index (χ1n) is 8.64. The first kappa shape index (κ1) is 18.4. The Morgan fingerprint density at radius 2 is 1.62 bits per heavy atom. The fourth-order valence-electron chi connectivity index (χ4n) is 2.97. The molecule has 1 fully saturated rings. The van der Waals surface area contributed by atoms with Gasteiger partial charge in [-0.15, -0.1) is 0 Å². The summed E-state index contributed by atoms with van der Waals surface area (Å²) in [5.74, 6) is 5.28. The van der Waals surface area contributed by atoms with Crippen molar-refractivity contribution >= 4 is 15.8 Å². The summed E-state index contributed by atoms with van der Waals surface area (Å²) in [6.45, 7) is 2.61. The fraction of sp³-hybridized carbons (Fsp3) is 0.286. The Morgan fingerprint density at radius 1 is 1.00 bits per heavy atom. The number of benzene rings is 2. The zero-order valence-corrected chi connectivity index (χ0v) is 15.5. The van der Waals surface area contributed by atoms with E-state index in [1.54, 1.807) is 24.3 Å². The number of carbonyl (C=O) groups is 1. The summed E-state index contributed by atoms with van der Waals surface area (Å²) in [4.78, 5) is 12.6. The van der Waals surface area contributed by atoms with Crippen molar-refractivity contribution in [3.8, 4) is 11.8 Å². The summed E-state index contributed by atoms with van der Waals surface area (Å²) in [6.07, 6.45) is 1.01. The second-order valence-electron chi connectivity index (χ2n) is 6.47. The molecule has 2 aromatic carbocycles. The van der Waals surface area contributed by atoms with Crippen molar-refractivity contribution in [2.24, 2.45) is 5.92 Å². The van der Waals surface area contributed by atoms with E-state index < -0.39 is 10.0 Å². The van der Waals surface area contributed by atoms with Gasteiger partial charge in [0.05, 0.1) is 4.90 Å². The zero-order chi connectivity index (χ0) is 18.6. The van der Waals surface area contributed by atoms with Gasteiger partial charge in [0, 0.05) is 24.6 Å². The zero-order valence-electron chi connectivity index (χ0n) is 14.7. The Balaban J connectivity index is 1.63. The molecule has 0 bridgehead atoms. The summed E-state index contributed by atoms with van der Waals surface area (Å²) in [6, 6.07) is 16.2. The molecular formula is C21H21NO3S. The summed E-state index contributed by atoms with van der Waals surface area (Å²) >= 11 is 0. The van der Waals surface area contributed by atoms with Crippen molar-refractivity contribution in [3.63, 3.8) is 0 Å². The summed E-state index contributed by atoms with van der Waals surface area (Å²) in [5, 5.41) is 0. The highest BCUT2D eigenvalue weighted by atomic mass is 32.2. The average molecular weight is 367 g/mol. The maximum absolute atomic E-state index is 12.7. The molecule has 0 aliphatic carbocycles. The third-order valence-corrected chi connectivity index (χ3v) is 6.50. The highest BCUT2D eigenvalue weighted by Crippen LogP contribution is 2.24. The van der Waals surface area contributed by atoms with Gasteiger partial charge in [0.1, 0.15) is 0 Å². The van der Waals surface area contributed by atoms with Gasteiger partial charge in [-0.1, -0.05) is 41.8 Å². The molecule has 26 heavy (non-hydrogen) atoms. The quantitative estimate of drug-likeness (QED) is 0.784. The largest absolute Gasteiger partial charge is 0.285 e. The number of carbonyl (C=O) groups excluding carboxylic acids is 1. The molecule has 0 saturated carbocycles. The van der Waals surface area contributed by atoms with Crippen molar-refractivity contribution in [2.75, 3.05) is 13.1 Å². The molecule has 0 spiro atoms. The normalized spacial score (nSPS) is 15.9. The predicted molar refractivity (Wildman–Crippen MR) is 101 cm³/mol. The molecular weight excluding hydrogens is 346 g/mol. The maximum atomic E-state index is 12.7. The Labute approximate surface area is 154 Å². The lowest BCUT2D eigenvalue weighted by molar-refractivity contribution is -0.118. The van der Waals surface area contributed by atoms with Gasteiger partial charge in [0.2, 0.25) is 15.8 Å². The van der Waals surface area contributed by atoms with Crippen LogP contribution in [0.1, 0.15) is 24.0 Å². The molecule has 0 N–H and O–H groups in total. The smallest absolute Gasteiger partial charge is 0.243 e. The van der Waals surface area contributed by atoms with Gasteiger partial charge in [0.15, 0.2) is 0 Å². The van der Waals surface area contributed by atoms with Gasteiger partial charge in [-0.2, -0.15) is 4.31 Å². The molecule has 1 aliphatic heterocycles. The van der Waals surface area contributed by atoms with E-state index in [1.165, 1.54) is 4.31 Å². The number of rotatable bonds is 3. The lowest BCUT2D eigenvalue weighted by atomic mass is 9.94. The van der Waals surface area contributed by atoms with Crippen LogP contribution in [0.15, 0.2) is 59.5 Å². The molecule has 0 radical (unpaired) electrons. The Hall–Kier alpha value is -2.42. The number of piperidine rings is 1. The second-order valence-corrected chi connectivity index (χ2v) is 8.41. The standard InChI is InChI=1S/C21H21NO3S/c1-17-7-10-20(11-8-17)26(24,25)22-15-13-19(14-16-22)21(23)12-9-18-5-3-2-4-6-18/h2-8,10-11,19H,13-16H2,1H3. The van der Waals surface area contributed by atoms with E-state index in [0.717, 1.165) is 11.1 Å². The van der Waals surface area contributed by atoms with E-state index in [1.807, 2.05) is 37.3 Å². The van der Waals surface area contributed by atoms with Crippen LogP contribution in [0.25, 0.3) is 0 Å². The van der Waals surface area contributed by atoms with Crippen LogP contribution in [0.5, 0.6) is 0 Å². The van der Waals surface area contributed by atoms with E-state index in [4.69, 9.17) is 0 Å². The van der Waals surface area contributed by atoms with E-state index in [-0.39, 0.29) is 11.7 Å². The topological polar surface area (TPSA) is 54.5 Å². The first-order chi connectivity index (χ1) is 12.5. The Kier molecular flexibility index (Phi) is 5.55. The van der Waals surface area contributed by atoms with Crippen LogP contribution in [-0.2, 0) is 14.8 Å². The molecule has 2 aromatic rings. The number of aryl methyl sites for hydroxylation is 1. The van der Waals surface area contributed by atoms with Crippen molar-refractivity contribution < 1.29 is 13.2 Å². The van der Waals surface area contributed by atoms with Crippen LogP contribution in [0.4, 0.5) is 0 Å². The van der Waals surface area contributed by atoms with Gasteiger partial charge in [-0.05, 0) is 50.0 Å². The molecule has 0 unspecified atom stereocenters. The van der Waals surface area contributed by atoms with Gasteiger partial charge in [-0.3, -0.25) is 4.79 Å². The molecule has 1 aliphatic rings. The Bertz CT molecular complexity index is 930. The number of hydrogen-bond donors (Lipinski definition) is 0. The van der Waals surface area contributed by atoms with Crippen molar-refractivity contribution in [1.82, 2.24) is 4.31 Å². The SMILES string of the molecule is Cc1ccc(S(=O)(=O)N2CCC(C(=O)C#Cc3ccccc3)CC2)cc1. The molecule has 1 heterocycles. The van der Waals surface area contributed by atoms with Gasteiger partial charge in [-0.25, -0.2) is 8.42 Å². The van der Waals surface area contributed by atoms with Crippen LogP contribution in [0, 0.1) is 24.7 Å². The molecule has 3 rings (SSSR count). The number of ketones is 1. The second kappa shape index (κ2) is 7.86. The fourth-order valence-corrected chi connectivity index (χ4v) is 4.44. The predicted octanol–water partition coefficient (Wildman–Crippen LogP) is 3.02. The van der Waals surface area contributed by atoms with E-state index >= 15 is 0 Å². The lowest BCUT2D eigenvalue weighted by Crippen LogP contribution is -2.40. The van der Waals surface area contributed by atoms with Crippen molar-refractivity contribution in [1.29, 1.82) is 0 Å². The van der Waals surface area contributed by atoms with Crippen LogP contribution < -0.4 is 0 Å². The lowest BCUT2D eigenvalue weighted by Gasteiger charge is -2.29. The van der Waals surface area contributed by atoms with Crippen molar-refractivity contribution in [3.05, 3.63) is 65.7 Å². The molecule has 134 valence electrons. The molecule has 0 aromatic heterocycles. The third kappa shape index (κ3) is 4.21. The van der Waals surface area contributed by atoms with Gasteiger partial charge < -0.3 is 0 Å². The minimum absolute atomic E-state index is 0.110. The minimum Gasteiger partial charge on any atom is -0.285 e. The van der Waals surface area contributed by atoms with Crippen LogP contribution in [0.3, 0.4) is 0 Å². The number of Topliss-reactive ketones (excluding diaryl/α,β-unsaturated/α-hetero) is 1. The number of nitrogens with zero attached hydrogens (tertiary/aromatic N) is 1. The van der Waals surface area contributed by atoms with Crippen LogP contribution in [-0.4, -0.2) is 31.6 Å². The van der Waals surface area contributed by atoms with Gasteiger partial charge in [0.25, 0.3) is 0 Å². The average Bonchev–Trinajstić information content (AvgIpc) is 2.67. The first-order valence-corrected chi connectivity index (χ1v) is 10.1. The molecule has 0 amide bonds. The van der Waals surface area contributed by atoms with E-state index in [2.05, 4.69) is 11.8 Å². The van der Waals surface area contributed by atoms with Crippen molar-refractivity contribution in [2.45, 2.75) is 24.7 Å². The van der Waals surface area contributed by atoms with E-state index in [0.29, 0.717) is 30.8 Å². The third-order valence-electron chi connectivity index (χ3n) is 4.59. The summed E-state index contributed by atoms with van der Waals surface area (Å²) in [7, 11) is -3.50.